The van der Waals surface area contributed by atoms with Crippen molar-refractivity contribution in [3.63, 3.8) is 0 Å². The lowest BCUT2D eigenvalue weighted by molar-refractivity contribution is 0.814. The van der Waals surface area contributed by atoms with Crippen LogP contribution in [0, 0.1) is 0 Å². The van der Waals surface area contributed by atoms with Gasteiger partial charge in [0.1, 0.15) is 14.1 Å². The van der Waals surface area contributed by atoms with Gasteiger partial charge in [0.25, 0.3) is 0 Å². The zero-order valence-electron chi connectivity index (χ0n) is 13.2. The minimum atomic E-state index is 0.653. The third-order valence-electron chi connectivity index (χ3n) is 3.77. The summed E-state index contributed by atoms with van der Waals surface area (Å²) in [5, 5.41) is 1.20. The van der Waals surface area contributed by atoms with Crippen LogP contribution in [-0.2, 0) is 0 Å². The molecule has 0 saturated heterocycles. The predicted octanol–water partition coefficient (Wildman–Crippen LogP) is 1.83. The van der Waals surface area contributed by atoms with Crippen molar-refractivity contribution in [3.05, 3.63) is 41.8 Å². The van der Waals surface area contributed by atoms with Gasteiger partial charge in [-0.05, 0) is 24.3 Å². The molecule has 5 heteroatoms. The van der Waals surface area contributed by atoms with Crippen molar-refractivity contribution in [2.24, 2.45) is 5.73 Å². The van der Waals surface area contributed by atoms with Gasteiger partial charge in [-0.3, -0.25) is 0 Å². The number of anilines is 1. The first-order chi connectivity index (χ1) is 10.6. The van der Waals surface area contributed by atoms with Gasteiger partial charge in [-0.1, -0.05) is 0 Å². The Balaban J connectivity index is 2.18. The third kappa shape index (κ3) is 2.82. The maximum atomic E-state index is 5.64. The van der Waals surface area contributed by atoms with Crippen molar-refractivity contribution in [1.29, 1.82) is 0 Å². The standard InChI is InChI=1S/C17H21N4S/c1-20(2)12-4-6-14-16(10-12)22-17-11-13(21(3)9-8-18)5-7-15(17)19-14/h4-7,10-11H,8-9,18H2,1-3H3/q+1. The first-order valence-electron chi connectivity index (χ1n) is 7.34. The highest BCUT2D eigenvalue weighted by molar-refractivity contribution is 7.21. The van der Waals surface area contributed by atoms with Crippen LogP contribution in [0.3, 0.4) is 0 Å². The summed E-state index contributed by atoms with van der Waals surface area (Å²) in [6.07, 6.45) is 0. The molecule has 0 fully saturated rings. The second-order valence-electron chi connectivity index (χ2n) is 5.62. The van der Waals surface area contributed by atoms with Crippen LogP contribution in [0.15, 0.2) is 36.4 Å². The molecule has 2 aliphatic rings. The first-order valence-corrected chi connectivity index (χ1v) is 8.16. The molecule has 1 aromatic rings. The topological polar surface area (TPSA) is 45.2 Å². The molecule has 0 unspecified atom stereocenters. The van der Waals surface area contributed by atoms with Crippen LogP contribution in [0.5, 0.6) is 0 Å². The van der Waals surface area contributed by atoms with Crippen molar-refractivity contribution in [1.82, 2.24) is 9.56 Å². The number of hydrogen-bond acceptors (Lipinski definition) is 4. The second kappa shape index (κ2) is 6.02. The summed E-state index contributed by atoms with van der Waals surface area (Å²) in [6, 6.07) is 12.8. The van der Waals surface area contributed by atoms with Gasteiger partial charge in [0.05, 0.1) is 20.8 Å². The fourth-order valence-electron chi connectivity index (χ4n) is 2.44. The number of rotatable bonds is 3. The fraction of sp³-hybridized carbons (Fsp3) is 0.294. The van der Waals surface area contributed by atoms with Crippen molar-refractivity contribution in [3.8, 4) is 10.6 Å². The van der Waals surface area contributed by atoms with Gasteiger partial charge >= 0.3 is 0 Å². The van der Waals surface area contributed by atoms with Gasteiger partial charge in [0.15, 0.2) is 0 Å². The van der Waals surface area contributed by atoms with E-state index in [-0.39, 0.29) is 0 Å². The lowest BCUT2D eigenvalue weighted by atomic mass is 10.2. The highest BCUT2D eigenvalue weighted by atomic mass is 32.1. The van der Waals surface area contributed by atoms with E-state index in [4.69, 9.17) is 10.7 Å². The number of fused-ring (bicyclic) bond motifs is 2. The smallest absolute Gasteiger partial charge is 0.201 e. The highest BCUT2D eigenvalue weighted by Crippen LogP contribution is 2.31. The average molecular weight is 313 g/mol. The highest BCUT2D eigenvalue weighted by Gasteiger charge is 2.10. The molecule has 0 bridgehead atoms. The van der Waals surface area contributed by atoms with Crippen LogP contribution >= 0.6 is 11.3 Å². The summed E-state index contributed by atoms with van der Waals surface area (Å²) in [7, 11) is 6.18. The van der Waals surface area contributed by atoms with Crippen LogP contribution in [0.1, 0.15) is 0 Å². The normalized spacial score (nSPS) is 11.1. The molecule has 1 heterocycles. The summed E-state index contributed by atoms with van der Waals surface area (Å²) >= 11 is 1.79. The molecule has 0 aromatic heterocycles. The Morgan fingerprint density at radius 3 is 2.73 bits per heavy atom. The largest absolute Gasteiger partial charge is 0.373 e. The van der Waals surface area contributed by atoms with Crippen molar-refractivity contribution in [2.45, 2.75) is 0 Å². The van der Waals surface area contributed by atoms with Gasteiger partial charge in [-0.2, -0.15) is 0 Å². The Bertz CT molecular complexity index is 849. The molecular weight excluding hydrogens is 292 g/mol. The molecule has 2 N–H and O–H groups in total. The minimum Gasteiger partial charge on any atom is -0.373 e. The van der Waals surface area contributed by atoms with E-state index in [9.17, 15) is 0 Å². The van der Waals surface area contributed by atoms with Crippen molar-refractivity contribution >= 4 is 27.2 Å². The summed E-state index contributed by atoms with van der Waals surface area (Å²) in [5.74, 6) is 0. The van der Waals surface area contributed by atoms with Crippen LogP contribution in [-0.4, -0.2) is 39.2 Å². The van der Waals surface area contributed by atoms with E-state index in [1.807, 2.05) is 0 Å². The molecule has 0 saturated carbocycles. The summed E-state index contributed by atoms with van der Waals surface area (Å²) < 4.78 is 3.31. The zero-order chi connectivity index (χ0) is 15.7. The van der Waals surface area contributed by atoms with E-state index in [1.54, 1.807) is 11.3 Å². The molecular formula is C17H21N4S+. The average Bonchev–Trinajstić information content (AvgIpc) is 2.51. The quantitative estimate of drug-likeness (QED) is 0.593. The van der Waals surface area contributed by atoms with E-state index < -0.39 is 0 Å². The van der Waals surface area contributed by atoms with E-state index >= 15 is 0 Å². The number of nitrogens with zero attached hydrogens (tertiary/aromatic N) is 3. The molecule has 0 spiro atoms. The number of likely N-dealkylation sites (N-methyl/N-ethyl adjacent to an activating group) is 1. The first kappa shape index (κ1) is 14.9. The maximum Gasteiger partial charge on any atom is 0.201 e. The molecule has 22 heavy (non-hydrogen) atoms. The van der Waals surface area contributed by atoms with Crippen LogP contribution in [0.2, 0.25) is 0 Å². The Kier molecular flexibility index (Phi) is 4.09. The SMILES string of the molecule is CN(CCN)c1ccc2nc3ccc(=[N+](C)C)cc-3sc2c1. The van der Waals surface area contributed by atoms with Crippen molar-refractivity contribution < 1.29 is 0 Å². The van der Waals surface area contributed by atoms with Crippen LogP contribution in [0.4, 0.5) is 5.69 Å². The Morgan fingerprint density at radius 1 is 1.18 bits per heavy atom. The molecule has 1 aliphatic carbocycles. The fourth-order valence-corrected chi connectivity index (χ4v) is 3.47. The van der Waals surface area contributed by atoms with Crippen molar-refractivity contribution in [2.75, 3.05) is 39.1 Å². The molecule has 114 valence electrons. The molecule has 4 nitrogen and oxygen atoms in total. The molecule has 1 aromatic carbocycles. The zero-order valence-corrected chi connectivity index (χ0v) is 14.0. The monoisotopic (exact) mass is 313 g/mol. The van der Waals surface area contributed by atoms with Gasteiger partial charge in [0.2, 0.25) is 5.36 Å². The third-order valence-corrected chi connectivity index (χ3v) is 4.86. The number of benzene rings is 2. The number of aromatic nitrogens is 1. The molecule has 0 amide bonds. The van der Waals surface area contributed by atoms with E-state index in [0.717, 1.165) is 17.8 Å². The van der Waals surface area contributed by atoms with Gasteiger partial charge in [-0.25, -0.2) is 9.56 Å². The lowest BCUT2D eigenvalue weighted by Gasteiger charge is -2.18. The Hall–Kier alpha value is -1.98. The summed E-state index contributed by atoms with van der Waals surface area (Å²) in [5.41, 5.74) is 8.91. The maximum absolute atomic E-state index is 5.64. The molecule has 3 rings (SSSR count). The molecule has 0 radical (unpaired) electrons. The summed E-state index contributed by atoms with van der Waals surface area (Å²) in [4.78, 5) is 8.15. The Labute approximate surface area is 134 Å². The summed E-state index contributed by atoms with van der Waals surface area (Å²) in [6.45, 7) is 1.50. The Morgan fingerprint density at radius 2 is 2.00 bits per heavy atom. The second-order valence-corrected chi connectivity index (χ2v) is 6.71. The number of hydrogen-bond donors (Lipinski definition) is 1. The van der Waals surface area contributed by atoms with E-state index in [1.165, 1.54) is 20.6 Å². The van der Waals surface area contributed by atoms with E-state index in [2.05, 4.69) is 67.0 Å². The van der Waals surface area contributed by atoms with Gasteiger partial charge < -0.3 is 10.6 Å². The van der Waals surface area contributed by atoms with Gasteiger partial charge in [-0.15, -0.1) is 11.3 Å². The predicted molar refractivity (Wildman–Crippen MR) is 95.7 cm³/mol. The van der Waals surface area contributed by atoms with Gasteiger partial charge in [0, 0.05) is 38.0 Å². The minimum absolute atomic E-state index is 0.653. The van der Waals surface area contributed by atoms with E-state index in [0.29, 0.717) is 6.54 Å². The molecule has 1 aliphatic heterocycles. The molecule has 0 atom stereocenters. The van der Waals surface area contributed by atoms with Crippen LogP contribution in [0.25, 0.3) is 20.8 Å². The van der Waals surface area contributed by atoms with Crippen LogP contribution < -0.4 is 20.6 Å². The lowest BCUT2D eigenvalue weighted by Crippen LogP contribution is -2.24. The number of nitrogens with two attached hydrogens (primary N) is 1.